The Morgan fingerprint density at radius 1 is 1.25 bits per heavy atom. The standard InChI is InChI=1S/C11H17BO4/c1-11(2,3)16-10(13)8-5-4-6-9(7-8)12(14)15/h4-7,10,13-15H,1-3H3. The second kappa shape index (κ2) is 4.97. The van der Waals surface area contributed by atoms with Crippen molar-refractivity contribution in [2.75, 3.05) is 0 Å². The van der Waals surface area contributed by atoms with Crippen LogP contribution in [0.15, 0.2) is 24.3 Å². The lowest BCUT2D eigenvalue weighted by atomic mass is 9.79. The Hall–Kier alpha value is -0.875. The highest BCUT2D eigenvalue weighted by molar-refractivity contribution is 6.58. The summed E-state index contributed by atoms with van der Waals surface area (Å²) in [5, 5.41) is 27.8. The van der Waals surface area contributed by atoms with Crippen LogP contribution in [-0.2, 0) is 4.74 Å². The number of hydrogen-bond acceptors (Lipinski definition) is 4. The van der Waals surface area contributed by atoms with E-state index in [2.05, 4.69) is 0 Å². The first kappa shape index (κ1) is 13.2. The normalized spacial score (nSPS) is 13.6. The molecular formula is C11H17BO4. The van der Waals surface area contributed by atoms with Gasteiger partial charge >= 0.3 is 7.12 Å². The molecular weight excluding hydrogens is 207 g/mol. The molecule has 0 heterocycles. The number of aliphatic hydroxyl groups excluding tert-OH is 1. The van der Waals surface area contributed by atoms with Crippen molar-refractivity contribution < 1.29 is 19.9 Å². The molecule has 1 rings (SSSR count). The topological polar surface area (TPSA) is 69.9 Å². The van der Waals surface area contributed by atoms with Gasteiger partial charge in [0.05, 0.1) is 5.60 Å². The quantitative estimate of drug-likeness (QED) is 0.505. The van der Waals surface area contributed by atoms with Crippen LogP contribution in [0.4, 0.5) is 0 Å². The minimum Gasteiger partial charge on any atom is -0.423 e. The molecule has 0 amide bonds. The second-order valence-corrected chi connectivity index (χ2v) is 4.63. The monoisotopic (exact) mass is 224 g/mol. The zero-order valence-electron chi connectivity index (χ0n) is 9.71. The van der Waals surface area contributed by atoms with Gasteiger partial charge in [-0.25, -0.2) is 0 Å². The number of aliphatic hydroxyl groups is 1. The smallest absolute Gasteiger partial charge is 0.423 e. The number of benzene rings is 1. The molecule has 1 aromatic rings. The summed E-state index contributed by atoms with van der Waals surface area (Å²) in [6.07, 6.45) is -1.07. The Balaban J connectivity index is 2.83. The summed E-state index contributed by atoms with van der Waals surface area (Å²) in [6.45, 7) is 5.50. The van der Waals surface area contributed by atoms with Crippen molar-refractivity contribution in [3.05, 3.63) is 29.8 Å². The highest BCUT2D eigenvalue weighted by Gasteiger charge is 2.19. The molecule has 16 heavy (non-hydrogen) atoms. The molecule has 0 aliphatic carbocycles. The van der Waals surface area contributed by atoms with Crippen LogP contribution in [0.2, 0.25) is 0 Å². The van der Waals surface area contributed by atoms with E-state index in [1.165, 1.54) is 6.07 Å². The molecule has 0 saturated heterocycles. The third-order valence-electron chi connectivity index (χ3n) is 1.96. The van der Waals surface area contributed by atoms with Crippen LogP contribution < -0.4 is 5.46 Å². The van der Waals surface area contributed by atoms with Crippen LogP contribution >= 0.6 is 0 Å². The molecule has 88 valence electrons. The summed E-state index contributed by atoms with van der Waals surface area (Å²) in [6, 6.07) is 6.38. The van der Waals surface area contributed by atoms with E-state index in [4.69, 9.17) is 14.8 Å². The Morgan fingerprint density at radius 2 is 1.88 bits per heavy atom. The number of hydrogen-bond donors (Lipinski definition) is 3. The van der Waals surface area contributed by atoms with Gasteiger partial charge in [0.25, 0.3) is 0 Å². The maximum atomic E-state index is 9.78. The molecule has 0 radical (unpaired) electrons. The lowest BCUT2D eigenvalue weighted by Crippen LogP contribution is -2.30. The Labute approximate surface area is 95.6 Å². The van der Waals surface area contributed by atoms with E-state index in [1.54, 1.807) is 18.2 Å². The summed E-state index contributed by atoms with van der Waals surface area (Å²) in [7, 11) is -1.54. The van der Waals surface area contributed by atoms with E-state index in [0.717, 1.165) is 0 Å². The van der Waals surface area contributed by atoms with Crippen LogP contribution in [-0.4, -0.2) is 27.9 Å². The first-order chi connectivity index (χ1) is 7.29. The van der Waals surface area contributed by atoms with Gasteiger partial charge in [-0.3, -0.25) is 0 Å². The lowest BCUT2D eigenvalue weighted by molar-refractivity contribution is -0.169. The second-order valence-electron chi connectivity index (χ2n) is 4.63. The van der Waals surface area contributed by atoms with Gasteiger partial charge in [-0.1, -0.05) is 24.3 Å². The fourth-order valence-corrected chi connectivity index (χ4v) is 1.28. The lowest BCUT2D eigenvalue weighted by Gasteiger charge is -2.24. The average molecular weight is 224 g/mol. The molecule has 0 bridgehead atoms. The van der Waals surface area contributed by atoms with Crippen molar-refractivity contribution in [3.63, 3.8) is 0 Å². The molecule has 0 aromatic heterocycles. The molecule has 0 spiro atoms. The third kappa shape index (κ3) is 3.94. The molecule has 5 heteroatoms. The Morgan fingerprint density at radius 3 is 2.38 bits per heavy atom. The molecule has 0 saturated carbocycles. The van der Waals surface area contributed by atoms with Gasteiger partial charge in [0.2, 0.25) is 0 Å². The summed E-state index contributed by atoms with van der Waals surface area (Å²) in [4.78, 5) is 0. The first-order valence-corrected chi connectivity index (χ1v) is 5.11. The van der Waals surface area contributed by atoms with Crippen molar-refractivity contribution in [2.24, 2.45) is 0 Å². The Kier molecular flexibility index (Phi) is 4.10. The minimum atomic E-state index is -1.54. The average Bonchev–Trinajstić information content (AvgIpc) is 2.15. The van der Waals surface area contributed by atoms with Gasteiger partial charge in [0.15, 0.2) is 6.29 Å². The van der Waals surface area contributed by atoms with Gasteiger partial charge in [-0.2, -0.15) is 0 Å². The molecule has 0 aliphatic rings. The molecule has 3 N–H and O–H groups in total. The molecule has 0 fully saturated rings. The van der Waals surface area contributed by atoms with E-state index >= 15 is 0 Å². The first-order valence-electron chi connectivity index (χ1n) is 5.11. The van der Waals surface area contributed by atoms with Crippen molar-refractivity contribution >= 4 is 12.6 Å². The van der Waals surface area contributed by atoms with E-state index in [0.29, 0.717) is 11.0 Å². The molecule has 4 nitrogen and oxygen atoms in total. The molecule has 1 atom stereocenters. The van der Waals surface area contributed by atoms with Crippen LogP contribution in [0.25, 0.3) is 0 Å². The number of rotatable bonds is 3. The summed E-state index contributed by atoms with van der Waals surface area (Å²) in [5.74, 6) is 0. The fourth-order valence-electron chi connectivity index (χ4n) is 1.28. The maximum Gasteiger partial charge on any atom is 0.488 e. The van der Waals surface area contributed by atoms with E-state index in [9.17, 15) is 5.11 Å². The van der Waals surface area contributed by atoms with Crippen LogP contribution in [0.1, 0.15) is 32.6 Å². The van der Waals surface area contributed by atoms with Crippen molar-refractivity contribution in [1.29, 1.82) is 0 Å². The van der Waals surface area contributed by atoms with Gasteiger partial charge in [-0.15, -0.1) is 0 Å². The highest BCUT2D eigenvalue weighted by atomic mass is 16.6. The summed E-state index contributed by atoms with van der Waals surface area (Å²) in [5.41, 5.74) is 0.363. The van der Waals surface area contributed by atoms with Gasteiger partial charge in [0, 0.05) is 5.56 Å². The highest BCUT2D eigenvalue weighted by Crippen LogP contribution is 2.20. The molecule has 1 aromatic carbocycles. The minimum absolute atomic E-state index is 0.328. The van der Waals surface area contributed by atoms with Gasteiger partial charge < -0.3 is 19.9 Å². The van der Waals surface area contributed by atoms with Gasteiger partial charge in [0.1, 0.15) is 0 Å². The zero-order chi connectivity index (χ0) is 12.3. The van der Waals surface area contributed by atoms with Crippen LogP contribution in [0.3, 0.4) is 0 Å². The van der Waals surface area contributed by atoms with Crippen molar-refractivity contribution in [3.8, 4) is 0 Å². The SMILES string of the molecule is CC(C)(C)OC(O)c1cccc(B(O)O)c1. The van der Waals surface area contributed by atoms with Gasteiger partial charge in [-0.05, 0) is 26.2 Å². The largest absolute Gasteiger partial charge is 0.488 e. The van der Waals surface area contributed by atoms with Crippen molar-refractivity contribution in [1.82, 2.24) is 0 Å². The van der Waals surface area contributed by atoms with E-state index in [1.807, 2.05) is 20.8 Å². The van der Waals surface area contributed by atoms with E-state index in [-0.39, 0.29) is 0 Å². The third-order valence-corrected chi connectivity index (χ3v) is 1.96. The van der Waals surface area contributed by atoms with Crippen LogP contribution in [0.5, 0.6) is 0 Å². The molecule has 0 aliphatic heterocycles. The summed E-state index contributed by atoms with van der Waals surface area (Å²) < 4.78 is 5.35. The maximum absolute atomic E-state index is 9.78. The van der Waals surface area contributed by atoms with Crippen LogP contribution in [0, 0.1) is 0 Å². The fraction of sp³-hybridized carbons (Fsp3) is 0.455. The Bertz CT molecular complexity index is 346. The molecule has 1 unspecified atom stereocenters. The van der Waals surface area contributed by atoms with Crippen molar-refractivity contribution in [2.45, 2.75) is 32.7 Å². The number of ether oxygens (including phenoxy) is 1. The predicted octanol–water partition coefficient (Wildman–Crippen LogP) is 0.172. The summed E-state index contributed by atoms with van der Waals surface area (Å²) >= 11 is 0. The predicted molar refractivity (Wildman–Crippen MR) is 62.1 cm³/mol. The zero-order valence-corrected chi connectivity index (χ0v) is 9.71. The van der Waals surface area contributed by atoms with E-state index < -0.39 is 19.0 Å².